The molecule has 126 valence electrons. The van der Waals surface area contributed by atoms with E-state index in [2.05, 4.69) is 20.5 Å². The number of nitrogens with two attached hydrogens (primary N) is 1. The van der Waals surface area contributed by atoms with E-state index in [1.165, 1.54) is 0 Å². The first-order chi connectivity index (χ1) is 11.3. The van der Waals surface area contributed by atoms with Crippen molar-refractivity contribution in [2.75, 3.05) is 17.6 Å². The van der Waals surface area contributed by atoms with Crippen molar-refractivity contribution in [2.24, 2.45) is 5.14 Å². The molecule has 0 atom stereocenters. The number of fused-ring (bicyclic) bond motifs is 1. The van der Waals surface area contributed by atoms with Crippen LogP contribution in [0.5, 0.6) is 0 Å². The van der Waals surface area contributed by atoms with Gasteiger partial charge in [0.1, 0.15) is 5.82 Å². The van der Waals surface area contributed by atoms with Gasteiger partial charge in [0.2, 0.25) is 10.0 Å². The number of hydrogen-bond donors (Lipinski definition) is 3. The fourth-order valence-corrected chi connectivity index (χ4v) is 3.10. The molecule has 0 bridgehead atoms. The van der Waals surface area contributed by atoms with E-state index in [-0.39, 0.29) is 12.3 Å². The van der Waals surface area contributed by atoms with Gasteiger partial charge in [-0.3, -0.25) is 5.10 Å². The van der Waals surface area contributed by atoms with Crippen molar-refractivity contribution >= 4 is 49.9 Å². The molecule has 0 saturated carbocycles. The van der Waals surface area contributed by atoms with Gasteiger partial charge in [-0.2, -0.15) is 5.10 Å². The minimum absolute atomic E-state index is 0.142. The number of halogens is 2. The second-order valence-electron chi connectivity index (χ2n) is 5.09. The molecule has 0 spiro atoms. The summed E-state index contributed by atoms with van der Waals surface area (Å²) in [5, 5.41) is 16.2. The SMILES string of the molecule is NS(=O)(=O)CCNc1cc(-c2cn[nH]c2)c2c(Cl)c(Cl)ccc2n1. The van der Waals surface area contributed by atoms with Gasteiger partial charge in [0.15, 0.2) is 0 Å². The standard InChI is InChI=1S/C14H13Cl2N5O2S/c15-10-1-2-11-13(14(10)16)9(8-6-19-20-7-8)5-12(21-11)18-3-4-24(17,22)23/h1-2,5-7H,3-4H2,(H,18,21)(H,19,20)(H2,17,22,23). The normalized spacial score (nSPS) is 11.8. The van der Waals surface area contributed by atoms with Crippen LogP contribution in [0, 0.1) is 0 Å². The number of rotatable bonds is 5. The molecule has 0 amide bonds. The van der Waals surface area contributed by atoms with Crippen LogP contribution >= 0.6 is 23.2 Å². The Morgan fingerprint density at radius 3 is 2.75 bits per heavy atom. The van der Waals surface area contributed by atoms with Gasteiger partial charge in [-0.1, -0.05) is 23.2 Å². The Hall–Kier alpha value is -1.87. The highest BCUT2D eigenvalue weighted by atomic mass is 35.5. The summed E-state index contributed by atoms with van der Waals surface area (Å²) >= 11 is 12.5. The van der Waals surface area contributed by atoms with Crippen LogP contribution in [0.3, 0.4) is 0 Å². The highest BCUT2D eigenvalue weighted by molar-refractivity contribution is 7.89. The fourth-order valence-electron chi connectivity index (χ4n) is 2.30. The fraction of sp³-hybridized carbons (Fsp3) is 0.143. The van der Waals surface area contributed by atoms with Crippen molar-refractivity contribution in [3.63, 3.8) is 0 Å². The maximum absolute atomic E-state index is 11.0. The topological polar surface area (TPSA) is 114 Å². The molecule has 2 heterocycles. The van der Waals surface area contributed by atoms with Crippen molar-refractivity contribution in [1.29, 1.82) is 0 Å². The molecule has 2 aromatic heterocycles. The summed E-state index contributed by atoms with van der Waals surface area (Å²) < 4.78 is 22.1. The Labute approximate surface area is 148 Å². The van der Waals surface area contributed by atoms with Gasteiger partial charge in [-0.25, -0.2) is 18.5 Å². The first-order valence-corrected chi connectivity index (χ1v) is 9.34. The highest BCUT2D eigenvalue weighted by Crippen LogP contribution is 2.37. The van der Waals surface area contributed by atoms with Gasteiger partial charge in [0, 0.05) is 23.7 Å². The van der Waals surface area contributed by atoms with Gasteiger partial charge in [-0.05, 0) is 23.8 Å². The van der Waals surface area contributed by atoms with Crippen LogP contribution in [-0.4, -0.2) is 35.9 Å². The second-order valence-corrected chi connectivity index (χ2v) is 7.61. The van der Waals surface area contributed by atoms with Crippen molar-refractivity contribution in [3.8, 4) is 11.1 Å². The average Bonchev–Trinajstić information content (AvgIpc) is 3.03. The number of pyridine rings is 1. The number of benzene rings is 1. The summed E-state index contributed by atoms with van der Waals surface area (Å²) in [6, 6.07) is 5.17. The maximum atomic E-state index is 11.0. The van der Waals surface area contributed by atoms with Gasteiger partial charge in [0.25, 0.3) is 0 Å². The number of primary sulfonamides is 1. The summed E-state index contributed by atoms with van der Waals surface area (Å²) in [7, 11) is -3.55. The lowest BCUT2D eigenvalue weighted by Gasteiger charge is -2.12. The van der Waals surface area contributed by atoms with Crippen LogP contribution in [0.25, 0.3) is 22.0 Å². The third-order valence-corrected chi connectivity index (χ3v) is 4.94. The van der Waals surface area contributed by atoms with Crippen molar-refractivity contribution < 1.29 is 8.42 Å². The minimum Gasteiger partial charge on any atom is -0.369 e. The van der Waals surface area contributed by atoms with Crippen molar-refractivity contribution in [2.45, 2.75) is 0 Å². The Kier molecular flexibility index (Phi) is 4.64. The number of aromatic amines is 1. The number of sulfonamides is 1. The van der Waals surface area contributed by atoms with Crippen molar-refractivity contribution in [3.05, 3.63) is 40.6 Å². The maximum Gasteiger partial charge on any atom is 0.210 e. The van der Waals surface area contributed by atoms with Crippen LogP contribution in [0.15, 0.2) is 30.6 Å². The third kappa shape index (κ3) is 3.62. The molecule has 0 aliphatic heterocycles. The molecular formula is C14H13Cl2N5O2S. The van der Waals surface area contributed by atoms with E-state index in [1.54, 1.807) is 30.6 Å². The number of hydrogen-bond acceptors (Lipinski definition) is 5. The third-order valence-electron chi connectivity index (χ3n) is 3.37. The van der Waals surface area contributed by atoms with E-state index in [4.69, 9.17) is 28.3 Å². The van der Waals surface area contributed by atoms with E-state index in [1.807, 2.05) is 0 Å². The highest BCUT2D eigenvalue weighted by Gasteiger charge is 2.14. The Morgan fingerprint density at radius 2 is 2.08 bits per heavy atom. The number of nitrogens with one attached hydrogen (secondary N) is 2. The molecule has 4 N–H and O–H groups in total. The number of nitrogens with zero attached hydrogens (tertiary/aromatic N) is 2. The Bertz CT molecular complexity index is 990. The number of aromatic nitrogens is 3. The lowest BCUT2D eigenvalue weighted by Crippen LogP contribution is -2.22. The number of H-pyrrole nitrogens is 1. The molecule has 0 fully saturated rings. The van der Waals surface area contributed by atoms with Crippen molar-refractivity contribution in [1.82, 2.24) is 15.2 Å². The van der Waals surface area contributed by atoms with Crippen LogP contribution < -0.4 is 10.5 Å². The van der Waals surface area contributed by atoms with Gasteiger partial charge < -0.3 is 5.32 Å². The van der Waals surface area contributed by atoms with Gasteiger partial charge in [-0.15, -0.1) is 0 Å². The quantitative estimate of drug-likeness (QED) is 0.624. The Morgan fingerprint density at radius 1 is 1.29 bits per heavy atom. The monoisotopic (exact) mass is 385 g/mol. The zero-order valence-corrected chi connectivity index (χ0v) is 14.6. The van der Waals surface area contributed by atoms with E-state index in [0.717, 1.165) is 11.1 Å². The molecule has 1 aromatic carbocycles. The van der Waals surface area contributed by atoms with Crippen LogP contribution in [-0.2, 0) is 10.0 Å². The van der Waals surface area contributed by atoms with Gasteiger partial charge in [0.05, 0.1) is 27.5 Å². The lowest BCUT2D eigenvalue weighted by atomic mass is 10.0. The largest absolute Gasteiger partial charge is 0.369 e. The average molecular weight is 386 g/mol. The molecule has 0 radical (unpaired) electrons. The summed E-state index contributed by atoms with van der Waals surface area (Å²) in [5.41, 5.74) is 2.21. The summed E-state index contributed by atoms with van der Waals surface area (Å²) in [5.74, 6) is 0.301. The molecule has 0 aliphatic carbocycles. The first kappa shape index (κ1) is 17.0. The summed E-state index contributed by atoms with van der Waals surface area (Å²) in [6.07, 6.45) is 3.38. The molecule has 0 aliphatic rings. The Balaban J connectivity index is 2.09. The van der Waals surface area contributed by atoms with E-state index in [0.29, 0.717) is 26.8 Å². The zero-order valence-electron chi connectivity index (χ0n) is 12.3. The molecular weight excluding hydrogens is 373 g/mol. The molecule has 10 heteroatoms. The summed E-state index contributed by atoms with van der Waals surface area (Å²) in [6.45, 7) is 0.142. The van der Waals surface area contributed by atoms with Gasteiger partial charge >= 0.3 is 0 Å². The smallest absolute Gasteiger partial charge is 0.210 e. The van der Waals surface area contributed by atoms with E-state index in [9.17, 15) is 8.42 Å². The van der Waals surface area contributed by atoms with Crippen LogP contribution in [0.4, 0.5) is 5.82 Å². The zero-order chi connectivity index (χ0) is 17.3. The van der Waals surface area contributed by atoms with E-state index >= 15 is 0 Å². The molecule has 0 unspecified atom stereocenters. The molecule has 3 rings (SSSR count). The molecule has 24 heavy (non-hydrogen) atoms. The molecule has 3 aromatic rings. The van der Waals surface area contributed by atoms with E-state index < -0.39 is 10.0 Å². The second kappa shape index (κ2) is 6.56. The van der Waals surface area contributed by atoms with Crippen LogP contribution in [0.1, 0.15) is 0 Å². The predicted molar refractivity (Wildman–Crippen MR) is 95.8 cm³/mol. The first-order valence-electron chi connectivity index (χ1n) is 6.87. The number of anilines is 1. The molecule has 7 nitrogen and oxygen atoms in total. The summed E-state index contributed by atoms with van der Waals surface area (Å²) in [4.78, 5) is 4.45. The predicted octanol–water partition coefficient (Wildman–Crippen LogP) is 2.63. The van der Waals surface area contributed by atoms with Crippen LogP contribution in [0.2, 0.25) is 10.0 Å². The minimum atomic E-state index is -3.55. The lowest BCUT2D eigenvalue weighted by molar-refractivity contribution is 0.598. The molecule has 0 saturated heterocycles.